The highest BCUT2D eigenvalue weighted by molar-refractivity contribution is 6.30. The molecule has 0 radical (unpaired) electrons. The minimum atomic E-state index is -0.565. The van der Waals surface area contributed by atoms with Crippen LogP contribution in [0.3, 0.4) is 0 Å². The van der Waals surface area contributed by atoms with Crippen LogP contribution >= 0.6 is 11.6 Å². The number of hydrogen-bond donors (Lipinski definition) is 0. The number of benzene rings is 2. The highest BCUT2D eigenvalue weighted by Crippen LogP contribution is 2.28. The quantitative estimate of drug-likeness (QED) is 0.751. The van der Waals surface area contributed by atoms with E-state index in [1.165, 1.54) is 24.1 Å². The predicted octanol–water partition coefficient (Wildman–Crippen LogP) is 3.81. The average Bonchev–Trinajstić information content (AvgIpc) is 2.63. The topological polar surface area (TPSA) is 62.6 Å². The summed E-state index contributed by atoms with van der Waals surface area (Å²) in [6.45, 7) is -0.0886. The molecule has 0 aliphatic heterocycles. The molecule has 0 saturated heterocycles. The van der Waals surface area contributed by atoms with E-state index in [1.54, 1.807) is 24.3 Å². The van der Waals surface area contributed by atoms with Gasteiger partial charge in [-0.3, -0.25) is 4.79 Å². The normalized spacial score (nSPS) is 10.0. The van der Waals surface area contributed by atoms with Crippen LogP contribution in [0.15, 0.2) is 42.5 Å². The first-order chi connectivity index (χ1) is 12.1. The van der Waals surface area contributed by atoms with Crippen LogP contribution < -0.4 is 14.4 Å². The molecular formula is C18H16ClFN2O3. The number of anilines is 1. The third kappa shape index (κ3) is 4.85. The highest BCUT2D eigenvalue weighted by Gasteiger charge is 2.19. The van der Waals surface area contributed by atoms with Gasteiger partial charge in [-0.15, -0.1) is 0 Å². The van der Waals surface area contributed by atoms with Crippen molar-refractivity contribution in [1.29, 1.82) is 5.26 Å². The molecule has 0 fully saturated rings. The van der Waals surface area contributed by atoms with Crippen molar-refractivity contribution in [3.05, 3.63) is 53.3 Å². The van der Waals surface area contributed by atoms with Crippen molar-refractivity contribution in [2.45, 2.75) is 6.42 Å². The molecule has 0 atom stereocenters. The summed E-state index contributed by atoms with van der Waals surface area (Å²) < 4.78 is 23.8. The third-order valence-corrected chi connectivity index (χ3v) is 3.67. The lowest BCUT2D eigenvalue weighted by molar-refractivity contribution is -0.120. The van der Waals surface area contributed by atoms with E-state index in [4.69, 9.17) is 26.3 Å². The van der Waals surface area contributed by atoms with E-state index in [1.807, 2.05) is 6.07 Å². The van der Waals surface area contributed by atoms with Gasteiger partial charge in [-0.1, -0.05) is 23.7 Å². The average molecular weight is 363 g/mol. The molecule has 0 aromatic heterocycles. The molecule has 0 bridgehead atoms. The van der Waals surface area contributed by atoms with Gasteiger partial charge in [0.25, 0.3) is 5.91 Å². The number of para-hydroxylation sites is 2. The molecule has 25 heavy (non-hydrogen) atoms. The number of methoxy groups -OCH3 is 1. The smallest absolute Gasteiger partial charge is 0.265 e. The van der Waals surface area contributed by atoms with E-state index in [2.05, 4.69) is 0 Å². The zero-order chi connectivity index (χ0) is 18.2. The molecule has 130 valence electrons. The van der Waals surface area contributed by atoms with Crippen molar-refractivity contribution >= 4 is 23.2 Å². The molecule has 2 rings (SSSR count). The Kier molecular flexibility index (Phi) is 6.61. The second kappa shape index (κ2) is 8.90. The Hall–Kier alpha value is -2.78. The van der Waals surface area contributed by atoms with Gasteiger partial charge in [0.15, 0.2) is 6.61 Å². The first-order valence-corrected chi connectivity index (χ1v) is 7.82. The Balaban J connectivity index is 2.15. The van der Waals surface area contributed by atoms with Gasteiger partial charge in [-0.05, 0) is 24.3 Å². The van der Waals surface area contributed by atoms with E-state index < -0.39 is 5.82 Å². The van der Waals surface area contributed by atoms with Crippen molar-refractivity contribution in [3.63, 3.8) is 0 Å². The molecule has 1 amide bonds. The Morgan fingerprint density at radius 1 is 1.32 bits per heavy atom. The largest absolute Gasteiger partial charge is 0.495 e. The fourth-order valence-corrected chi connectivity index (χ4v) is 2.35. The molecule has 7 heteroatoms. The maximum absolute atomic E-state index is 13.2. The maximum Gasteiger partial charge on any atom is 0.265 e. The Bertz CT molecular complexity index is 792. The molecule has 0 unspecified atom stereocenters. The van der Waals surface area contributed by atoms with Crippen molar-refractivity contribution in [2.24, 2.45) is 0 Å². The van der Waals surface area contributed by atoms with Crippen LogP contribution in [0.2, 0.25) is 5.02 Å². The van der Waals surface area contributed by atoms with Gasteiger partial charge in [0, 0.05) is 12.6 Å². The zero-order valence-electron chi connectivity index (χ0n) is 13.5. The lowest BCUT2D eigenvalue weighted by Crippen LogP contribution is -2.36. The summed E-state index contributed by atoms with van der Waals surface area (Å²) in [5.74, 6) is -0.135. The Labute approximate surface area is 150 Å². The van der Waals surface area contributed by atoms with Gasteiger partial charge in [-0.2, -0.15) is 5.26 Å². The van der Waals surface area contributed by atoms with Crippen LogP contribution in [0.4, 0.5) is 10.1 Å². The third-order valence-electron chi connectivity index (χ3n) is 3.38. The minimum absolute atomic E-state index is 0.0870. The monoisotopic (exact) mass is 362 g/mol. The number of nitrogens with zero attached hydrogens (tertiary/aromatic N) is 2. The van der Waals surface area contributed by atoms with E-state index in [9.17, 15) is 9.18 Å². The summed E-state index contributed by atoms with van der Waals surface area (Å²) in [5.41, 5.74) is 0.547. The molecule has 0 spiro atoms. The highest BCUT2D eigenvalue weighted by atomic mass is 35.5. The van der Waals surface area contributed by atoms with Gasteiger partial charge in [0.2, 0.25) is 0 Å². The summed E-state index contributed by atoms with van der Waals surface area (Å²) in [6, 6.07) is 12.9. The Morgan fingerprint density at radius 2 is 2.08 bits per heavy atom. The van der Waals surface area contributed by atoms with Crippen LogP contribution in [-0.4, -0.2) is 26.2 Å². The predicted molar refractivity (Wildman–Crippen MR) is 92.5 cm³/mol. The van der Waals surface area contributed by atoms with Gasteiger partial charge in [-0.25, -0.2) is 4.39 Å². The van der Waals surface area contributed by atoms with Gasteiger partial charge in [0.1, 0.15) is 17.3 Å². The number of rotatable bonds is 7. The first-order valence-electron chi connectivity index (χ1n) is 7.45. The van der Waals surface area contributed by atoms with Crippen molar-refractivity contribution in [2.75, 3.05) is 25.2 Å². The second-order valence-corrected chi connectivity index (χ2v) is 5.40. The van der Waals surface area contributed by atoms with Gasteiger partial charge < -0.3 is 14.4 Å². The summed E-state index contributed by atoms with van der Waals surface area (Å²) in [4.78, 5) is 14.0. The van der Waals surface area contributed by atoms with Crippen LogP contribution in [0.1, 0.15) is 6.42 Å². The number of ether oxygens (including phenoxy) is 2. The molecule has 2 aromatic rings. The number of nitriles is 1. The van der Waals surface area contributed by atoms with Crippen molar-refractivity contribution in [3.8, 4) is 17.6 Å². The number of halogens is 2. The van der Waals surface area contributed by atoms with E-state index in [0.29, 0.717) is 11.4 Å². The van der Waals surface area contributed by atoms with Crippen LogP contribution in [-0.2, 0) is 4.79 Å². The second-order valence-electron chi connectivity index (χ2n) is 4.99. The van der Waals surface area contributed by atoms with Crippen LogP contribution in [0.25, 0.3) is 0 Å². The molecule has 0 saturated carbocycles. The van der Waals surface area contributed by atoms with Crippen LogP contribution in [0, 0.1) is 17.1 Å². The van der Waals surface area contributed by atoms with Gasteiger partial charge >= 0.3 is 0 Å². The summed E-state index contributed by atoms with van der Waals surface area (Å²) in [6.07, 6.45) is 0.159. The van der Waals surface area contributed by atoms with Crippen LogP contribution in [0.5, 0.6) is 11.5 Å². The molecule has 0 aliphatic carbocycles. The summed E-state index contributed by atoms with van der Waals surface area (Å²) >= 11 is 5.69. The maximum atomic E-state index is 13.2. The SMILES string of the molecule is COc1ccccc1N(CCC#N)C(=O)COc1ccc(F)c(Cl)c1. The molecule has 0 N–H and O–H groups in total. The van der Waals surface area contributed by atoms with Crippen molar-refractivity contribution in [1.82, 2.24) is 0 Å². The molecular weight excluding hydrogens is 347 g/mol. The van der Waals surface area contributed by atoms with E-state index in [-0.39, 0.29) is 36.3 Å². The standard InChI is InChI=1S/C18H16ClFN2O3/c1-24-17-6-3-2-5-16(17)22(10-4-9-21)18(23)12-25-13-7-8-15(20)14(19)11-13/h2-3,5-8,11H,4,10,12H2,1H3. The Morgan fingerprint density at radius 3 is 2.76 bits per heavy atom. The molecule has 5 nitrogen and oxygen atoms in total. The minimum Gasteiger partial charge on any atom is -0.495 e. The van der Waals surface area contributed by atoms with Gasteiger partial charge in [0.05, 0.1) is 30.3 Å². The number of carbonyl (C=O) groups excluding carboxylic acids is 1. The number of amides is 1. The molecule has 2 aromatic carbocycles. The lowest BCUT2D eigenvalue weighted by Gasteiger charge is -2.23. The fourth-order valence-electron chi connectivity index (χ4n) is 2.18. The summed E-state index contributed by atoms with van der Waals surface area (Å²) in [7, 11) is 1.50. The summed E-state index contributed by atoms with van der Waals surface area (Å²) in [5, 5.41) is 8.75. The van der Waals surface area contributed by atoms with E-state index in [0.717, 1.165) is 6.07 Å². The molecule has 0 aliphatic rings. The van der Waals surface area contributed by atoms with E-state index >= 15 is 0 Å². The number of carbonyl (C=O) groups is 1. The van der Waals surface area contributed by atoms with Crippen molar-refractivity contribution < 1.29 is 18.7 Å². The first kappa shape index (κ1) is 18.6. The number of hydrogen-bond acceptors (Lipinski definition) is 4. The fraction of sp³-hybridized carbons (Fsp3) is 0.222. The lowest BCUT2D eigenvalue weighted by atomic mass is 10.2. The molecule has 0 heterocycles. The zero-order valence-corrected chi connectivity index (χ0v) is 14.3.